The first-order valence-corrected chi connectivity index (χ1v) is 6.57. The van der Waals surface area contributed by atoms with Gasteiger partial charge in [0.2, 0.25) is 11.9 Å². The van der Waals surface area contributed by atoms with Crippen molar-refractivity contribution < 1.29 is 9.53 Å². The Bertz CT molecular complexity index is 406. The number of nitrogens with zero attached hydrogens (tertiary/aromatic N) is 3. The van der Waals surface area contributed by atoms with Gasteiger partial charge in [-0.3, -0.25) is 4.79 Å². The van der Waals surface area contributed by atoms with Crippen LogP contribution in [0.5, 0.6) is 0 Å². The number of halogens is 1. The third kappa shape index (κ3) is 3.39. The first-order chi connectivity index (χ1) is 8.66. The van der Waals surface area contributed by atoms with Crippen LogP contribution in [-0.2, 0) is 9.53 Å². The van der Waals surface area contributed by atoms with E-state index in [-0.39, 0.29) is 11.9 Å². The Hall–Kier alpha value is -1.21. The zero-order valence-electron chi connectivity index (χ0n) is 10.1. The lowest BCUT2D eigenvalue weighted by molar-refractivity contribution is -0.135. The van der Waals surface area contributed by atoms with Gasteiger partial charge in [0.25, 0.3) is 0 Å². The molecule has 0 spiro atoms. The maximum absolute atomic E-state index is 12.1. The number of morpholine rings is 1. The molecule has 0 aromatic carbocycles. The van der Waals surface area contributed by atoms with E-state index in [1.807, 2.05) is 6.92 Å². The smallest absolute Gasteiger partial charge is 0.245 e. The van der Waals surface area contributed by atoms with E-state index < -0.39 is 0 Å². The maximum atomic E-state index is 12.1. The fourth-order valence-corrected chi connectivity index (χ4v) is 1.90. The molecule has 1 N–H and O–H groups in total. The van der Waals surface area contributed by atoms with Crippen LogP contribution in [0.1, 0.15) is 6.92 Å². The molecule has 0 aliphatic carbocycles. The molecular weight excluding hydrogens is 300 g/mol. The molecule has 0 bridgehead atoms. The highest BCUT2D eigenvalue weighted by atomic mass is 79.9. The Kier molecular flexibility index (Phi) is 4.48. The van der Waals surface area contributed by atoms with E-state index in [2.05, 4.69) is 31.2 Å². The molecule has 18 heavy (non-hydrogen) atoms. The minimum atomic E-state index is -0.343. The monoisotopic (exact) mass is 314 g/mol. The summed E-state index contributed by atoms with van der Waals surface area (Å²) in [5.41, 5.74) is 0. The number of anilines is 1. The summed E-state index contributed by atoms with van der Waals surface area (Å²) in [6.07, 6.45) is 3.28. The molecule has 7 heteroatoms. The Balaban J connectivity index is 1.92. The summed E-state index contributed by atoms with van der Waals surface area (Å²) in [5, 5.41) is 2.99. The zero-order valence-corrected chi connectivity index (χ0v) is 11.7. The van der Waals surface area contributed by atoms with Gasteiger partial charge in [-0.25, -0.2) is 9.97 Å². The van der Waals surface area contributed by atoms with Gasteiger partial charge >= 0.3 is 0 Å². The lowest BCUT2D eigenvalue weighted by Gasteiger charge is -2.29. The molecule has 0 radical (unpaired) electrons. The zero-order chi connectivity index (χ0) is 13.0. The summed E-state index contributed by atoms with van der Waals surface area (Å²) in [6, 6.07) is -0.343. The number of carbonyl (C=O) groups excluding carboxylic acids is 1. The number of aromatic nitrogens is 2. The van der Waals surface area contributed by atoms with Gasteiger partial charge in [-0.05, 0) is 22.9 Å². The minimum absolute atomic E-state index is 0.0461. The lowest BCUT2D eigenvalue weighted by Crippen LogP contribution is -2.47. The predicted octanol–water partition coefficient (Wildman–Crippen LogP) is 0.898. The number of hydrogen-bond donors (Lipinski definition) is 1. The highest BCUT2D eigenvalue weighted by Crippen LogP contribution is 2.09. The molecule has 2 heterocycles. The fraction of sp³-hybridized carbons (Fsp3) is 0.545. The molecule has 1 aliphatic rings. The van der Waals surface area contributed by atoms with E-state index in [0.29, 0.717) is 32.3 Å². The quantitative estimate of drug-likeness (QED) is 0.897. The fourth-order valence-electron chi connectivity index (χ4n) is 1.70. The van der Waals surface area contributed by atoms with Crippen molar-refractivity contribution in [1.82, 2.24) is 14.9 Å². The number of rotatable bonds is 3. The van der Waals surface area contributed by atoms with Crippen LogP contribution in [0.3, 0.4) is 0 Å². The molecule has 2 rings (SSSR count). The third-order valence-corrected chi connectivity index (χ3v) is 3.07. The molecule has 1 aromatic heterocycles. The van der Waals surface area contributed by atoms with Crippen LogP contribution in [0.2, 0.25) is 0 Å². The van der Waals surface area contributed by atoms with Crippen molar-refractivity contribution in [1.29, 1.82) is 0 Å². The molecule has 98 valence electrons. The molecule has 1 aromatic rings. The van der Waals surface area contributed by atoms with Crippen LogP contribution < -0.4 is 5.32 Å². The summed E-state index contributed by atoms with van der Waals surface area (Å²) in [6.45, 7) is 4.31. The summed E-state index contributed by atoms with van der Waals surface area (Å²) in [5.74, 6) is 0.497. The SMILES string of the molecule is CC(Nc1ncc(Br)cn1)C(=O)N1CCOCC1. The van der Waals surface area contributed by atoms with Crippen LogP contribution in [0, 0.1) is 0 Å². The van der Waals surface area contributed by atoms with Crippen molar-refractivity contribution in [3.63, 3.8) is 0 Å². The van der Waals surface area contributed by atoms with E-state index in [9.17, 15) is 4.79 Å². The number of nitrogens with one attached hydrogen (secondary N) is 1. The molecule has 0 saturated carbocycles. The van der Waals surface area contributed by atoms with E-state index >= 15 is 0 Å². The molecule has 1 aliphatic heterocycles. The molecule has 1 amide bonds. The van der Waals surface area contributed by atoms with Crippen LogP contribution in [0.4, 0.5) is 5.95 Å². The average Bonchev–Trinajstić information content (AvgIpc) is 2.41. The second-order valence-corrected chi connectivity index (χ2v) is 4.94. The van der Waals surface area contributed by atoms with Gasteiger partial charge in [0.05, 0.1) is 17.7 Å². The number of amides is 1. The van der Waals surface area contributed by atoms with Crippen LogP contribution in [0.15, 0.2) is 16.9 Å². The lowest BCUT2D eigenvalue weighted by atomic mass is 10.2. The average molecular weight is 315 g/mol. The van der Waals surface area contributed by atoms with E-state index in [4.69, 9.17) is 4.74 Å². The molecule has 1 unspecified atom stereocenters. The minimum Gasteiger partial charge on any atom is -0.378 e. The van der Waals surface area contributed by atoms with Crippen molar-refractivity contribution in [2.75, 3.05) is 31.6 Å². The summed E-state index contributed by atoms with van der Waals surface area (Å²) >= 11 is 3.26. The van der Waals surface area contributed by atoms with E-state index in [1.165, 1.54) is 0 Å². The van der Waals surface area contributed by atoms with Crippen molar-refractivity contribution in [2.45, 2.75) is 13.0 Å². The number of hydrogen-bond acceptors (Lipinski definition) is 5. The van der Waals surface area contributed by atoms with Gasteiger partial charge in [0.15, 0.2) is 0 Å². The Morgan fingerprint density at radius 1 is 1.44 bits per heavy atom. The molecule has 1 atom stereocenters. The number of carbonyl (C=O) groups is 1. The molecule has 1 saturated heterocycles. The Morgan fingerprint density at radius 2 is 2.06 bits per heavy atom. The highest BCUT2D eigenvalue weighted by molar-refractivity contribution is 9.10. The van der Waals surface area contributed by atoms with Gasteiger partial charge < -0.3 is 15.0 Å². The maximum Gasteiger partial charge on any atom is 0.245 e. The highest BCUT2D eigenvalue weighted by Gasteiger charge is 2.22. The van der Waals surface area contributed by atoms with Crippen molar-refractivity contribution in [3.05, 3.63) is 16.9 Å². The molecule has 1 fully saturated rings. The summed E-state index contributed by atoms with van der Waals surface area (Å²) in [4.78, 5) is 22.1. The number of ether oxygens (including phenoxy) is 1. The van der Waals surface area contributed by atoms with Gasteiger partial charge in [-0.15, -0.1) is 0 Å². The van der Waals surface area contributed by atoms with E-state index in [1.54, 1.807) is 17.3 Å². The molecule has 6 nitrogen and oxygen atoms in total. The van der Waals surface area contributed by atoms with Crippen molar-refractivity contribution in [3.8, 4) is 0 Å². The third-order valence-electron chi connectivity index (χ3n) is 2.66. The Labute approximate surface area is 114 Å². The van der Waals surface area contributed by atoms with Gasteiger partial charge in [-0.1, -0.05) is 0 Å². The van der Waals surface area contributed by atoms with Gasteiger partial charge in [-0.2, -0.15) is 0 Å². The normalized spacial score (nSPS) is 17.3. The van der Waals surface area contributed by atoms with E-state index in [0.717, 1.165) is 4.47 Å². The van der Waals surface area contributed by atoms with Gasteiger partial charge in [0, 0.05) is 25.5 Å². The largest absolute Gasteiger partial charge is 0.378 e. The second kappa shape index (κ2) is 6.10. The molecular formula is C11H15BrN4O2. The van der Waals surface area contributed by atoms with Crippen LogP contribution in [-0.4, -0.2) is 53.1 Å². The standard InChI is InChI=1S/C11H15BrN4O2/c1-8(10(17)16-2-4-18-5-3-16)15-11-13-6-9(12)7-14-11/h6-8H,2-5H2,1H3,(H,13,14,15). The first-order valence-electron chi connectivity index (χ1n) is 5.77. The predicted molar refractivity (Wildman–Crippen MR) is 70.2 cm³/mol. The second-order valence-electron chi connectivity index (χ2n) is 4.03. The van der Waals surface area contributed by atoms with Crippen LogP contribution >= 0.6 is 15.9 Å². The summed E-state index contributed by atoms with van der Waals surface area (Å²) < 4.78 is 6.02. The Morgan fingerprint density at radius 3 is 2.67 bits per heavy atom. The topological polar surface area (TPSA) is 67.4 Å². The van der Waals surface area contributed by atoms with Gasteiger partial charge in [0.1, 0.15) is 6.04 Å². The van der Waals surface area contributed by atoms with Crippen molar-refractivity contribution >= 4 is 27.8 Å². The van der Waals surface area contributed by atoms with Crippen LogP contribution in [0.25, 0.3) is 0 Å². The van der Waals surface area contributed by atoms with Crippen molar-refractivity contribution in [2.24, 2.45) is 0 Å². The first kappa shape index (κ1) is 13.2. The summed E-state index contributed by atoms with van der Waals surface area (Å²) in [7, 11) is 0.